The van der Waals surface area contributed by atoms with Crippen molar-refractivity contribution in [3.8, 4) is 16.9 Å². The van der Waals surface area contributed by atoms with Crippen LogP contribution in [0.15, 0.2) is 73.2 Å². The van der Waals surface area contributed by atoms with Gasteiger partial charge in [0.1, 0.15) is 5.82 Å². The highest BCUT2D eigenvalue weighted by molar-refractivity contribution is 5.93. The van der Waals surface area contributed by atoms with Crippen LogP contribution in [0, 0.1) is 5.82 Å². The second kappa shape index (κ2) is 7.48. The lowest BCUT2D eigenvalue weighted by atomic mass is 10.1. The normalized spacial score (nSPS) is 10.8. The van der Waals surface area contributed by atoms with E-state index in [1.165, 1.54) is 18.3 Å². The van der Waals surface area contributed by atoms with Crippen LogP contribution in [0.25, 0.3) is 16.9 Å². The van der Waals surface area contributed by atoms with Crippen LogP contribution in [0.5, 0.6) is 0 Å². The highest BCUT2D eigenvalue weighted by Crippen LogP contribution is 2.24. The number of hydrogen-bond donors (Lipinski definition) is 1. The molecule has 0 aliphatic heterocycles. The number of rotatable bonds is 5. The number of hydrogen-bond acceptors (Lipinski definition) is 3. The van der Waals surface area contributed by atoms with Gasteiger partial charge in [-0.05, 0) is 36.4 Å². The fourth-order valence-electron chi connectivity index (χ4n) is 2.92. The van der Waals surface area contributed by atoms with Gasteiger partial charge in [0, 0.05) is 37.1 Å². The van der Waals surface area contributed by atoms with E-state index in [1.807, 2.05) is 36.5 Å². The first kappa shape index (κ1) is 17.7. The molecule has 0 fully saturated rings. The molecule has 2 aromatic carbocycles. The van der Waals surface area contributed by atoms with Crippen LogP contribution in [-0.2, 0) is 13.6 Å². The highest BCUT2D eigenvalue weighted by atomic mass is 19.1. The van der Waals surface area contributed by atoms with Crippen molar-refractivity contribution < 1.29 is 9.18 Å². The Bertz CT molecular complexity index is 1100. The quantitative estimate of drug-likeness (QED) is 0.582. The molecule has 0 atom stereocenters. The van der Waals surface area contributed by atoms with Crippen LogP contribution in [0.2, 0.25) is 0 Å². The summed E-state index contributed by atoms with van der Waals surface area (Å²) in [6.07, 6.45) is 5.05. The van der Waals surface area contributed by atoms with Gasteiger partial charge in [0.25, 0.3) is 5.91 Å². The van der Waals surface area contributed by atoms with Crippen LogP contribution < -0.4 is 5.32 Å². The van der Waals surface area contributed by atoms with Gasteiger partial charge < -0.3 is 5.32 Å². The summed E-state index contributed by atoms with van der Waals surface area (Å²) in [6.45, 7) is 0.285. The van der Waals surface area contributed by atoms with Crippen LogP contribution in [0.1, 0.15) is 15.9 Å². The summed E-state index contributed by atoms with van der Waals surface area (Å²) < 4.78 is 16.7. The molecule has 0 aliphatic carbocycles. The van der Waals surface area contributed by atoms with Crippen molar-refractivity contribution >= 4 is 5.91 Å². The molecule has 0 bridgehead atoms. The van der Waals surface area contributed by atoms with E-state index in [-0.39, 0.29) is 18.3 Å². The van der Waals surface area contributed by atoms with Gasteiger partial charge in [-0.3, -0.25) is 9.48 Å². The van der Waals surface area contributed by atoms with Crippen molar-refractivity contribution in [1.82, 2.24) is 24.9 Å². The molecule has 0 aliphatic rings. The summed E-state index contributed by atoms with van der Waals surface area (Å²) >= 11 is 0. The number of nitrogens with one attached hydrogen (secondary N) is 1. The molecule has 0 unspecified atom stereocenters. The van der Waals surface area contributed by atoms with E-state index in [0.29, 0.717) is 11.3 Å². The van der Waals surface area contributed by atoms with Gasteiger partial charge in [0.05, 0.1) is 23.1 Å². The van der Waals surface area contributed by atoms with Gasteiger partial charge in [-0.25, -0.2) is 9.07 Å². The lowest BCUT2D eigenvalue weighted by Crippen LogP contribution is -2.22. The summed E-state index contributed by atoms with van der Waals surface area (Å²) in [5.74, 6) is -0.525. The Balaban J connectivity index is 1.65. The lowest BCUT2D eigenvalue weighted by molar-refractivity contribution is 0.0951. The van der Waals surface area contributed by atoms with E-state index < -0.39 is 0 Å². The number of para-hydroxylation sites is 1. The van der Waals surface area contributed by atoms with Crippen LogP contribution in [0.4, 0.5) is 4.39 Å². The molecule has 0 spiro atoms. The number of nitrogens with zero attached hydrogens (tertiary/aromatic N) is 4. The Labute approximate surface area is 161 Å². The smallest absolute Gasteiger partial charge is 0.254 e. The number of aryl methyl sites for hydroxylation is 1. The van der Waals surface area contributed by atoms with Crippen molar-refractivity contribution in [2.45, 2.75) is 6.54 Å². The molecule has 28 heavy (non-hydrogen) atoms. The van der Waals surface area contributed by atoms with E-state index in [0.717, 1.165) is 16.8 Å². The number of carbonyl (C=O) groups is 1. The van der Waals surface area contributed by atoms with Crippen LogP contribution in [-0.4, -0.2) is 25.5 Å². The molecule has 6 nitrogen and oxygen atoms in total. The van der Waals surface area contributed by atoms with E-state index >= 15 is 0 Å². The van der Waals surface area contributed by atoms with Crippen molar-refractivity contribution in [3.05, 3.63) is 90.1 Å². The number of aromatic nitrogens is 4. The summed E-state index contributed by atoms with van der Waals surface area (Å²) in [6, 6.07) is 15.8. The Hall–Kier alpha value is -3.74. The molecule has 0 radical (unpaired) electrons. The standard InChI is InChI=1S/C21H18FN5O/c1-26-13-17(12-24-26)21(28)23-11-16-14-27(19-5-3-2-4-6-19)25-20(16)15-7-9-18(22)10-8-15/h2-10,12-14H,11H2,1H3,(H,23,28). The van der Waals surface area contributed by atoms with Gasteiger partial charge in [-0.2, -0.15) is 10.2 Å². The zero-order valence-corrected chi connectivity index (χ0v) is 15.2. The maximum Gasteiger partial charge on any atom is 0.254 e. The topological polar surface area (TPSA) is 64.7 Å². The Morgan fingerprint density at radius 3 is 2.50 bits per heavy atom. The van der Waals surface area contributed by atoms with Crippen molar-refractivity contribution in [1.29, 1.82) is 0 Å². The summed E-state index contributed by atoms with van der Waals surface area (Å²) in [5, 5.41) is 11.6. The van der Waals surface area contributed by atoms with Gasteiger partial charge in [-0.1, -0.05) is 18.2 Å². The Kier molecular flexibility index (Phi) is 4.72. The third-order valence-corrected chi connectivity index (χ3v) is 4.33. The summed E-state index contributed by atoms with van der Waals surface area (Å²) in [4.78, 5) is 12.4. The SMILES string of the molecule is Cn1cc(C(=O)NCc2cn(-c3ccccc3)nc2-c2ccc(F)cc2)cn1. The first-order valence-electron chi connectivity index (χ1n) is 8.77. The van der Waals surface area contributed by atoms with Crippen molar-refractivity contribution in [2.24, 2.45) is 7.05 Å². The number of benzene rings is 2. The minimum Gasteiger partial charge on any atom is -0.348 e. The zero-order valence-electron chi connectivity index (χ0n) is 15.2. The Morgan fingerprint density at radius 1 is 1.07 bits per heavy atom. The molecular formula is C21H18FN5O. The van der Waals surface area contributed by atoms with Gasteiger partial charge in [0.2, 0.25) is 0 Å². The minimum atomic E-state index is -0.308. The average molecular weight is 375 g/mol. The maximum absolute atomic E-state index is 13.3. The number of amides is 1. The number of halogens is 1. The molecule has 7 heteroatoms. The molecule has 2 aromatic heterocycles. The molecule has 0 saturated heterocycles. The molecule has 4 rings (SSSR count). The summed E-state index contributed by atoms with van der Waals surface area (Å²) in [5.41, 5.74) is 3.68. The molecule has 2 heterocycles. The molecule has 0 saturated carbocycles. The highest BCUT2D eigenvalue weighted by Gasteiger charge is 2.14. The van der Waals surface area contributed by atoms with E-state index in [4.69, 9.17) is 0 Å². The molecule has 4 aromatic rings. The van der Waals surface area contributed by atoms with Crippen molar-refractivity contribution in [3.63, 3.8) is 0 Å². The fourth-order valence-corrected chi connectivity index (χ4v) is 2.92. The maximum atomic E-state index is 13.3. The van der Waals surface area contributed by atoms with E-state index in [2.05, 4.69) is 15.5 Å². The van der Waals surface area contributed by atoms with Crippen molar-refractivity contribution in [2.75, 3.05) is 0 Å². The van der Waals surface area contributed by atoms with Gasteiger partial charge in [0.15, 0.2) is 0 Å². The predicted molar refractivity (Wildman–Crippen MR) is 103 cm³/mol. The van der Waals surface area contributed by atoms with Gasteiger partial charge >= 0.3 is 0 Å². The second-order valence-corrected chi connectivity index (χ2v) is 6.38. The first-order chi connectivity index (χ1) is 13.6. The number of carbonyl (C=O) groups excluding carboxylic acids is 1. The fraction of sp³-hybridized carbons (Fsp3) is 0.0952. The molecule has 1 amide bonds. The summed E-state index contributed by atoms with van der Waals surface area (Å²) in [7, 11) is 1.76. The predicted octanol–water partition coefficient (Wildman–Crippen LogP) is 3.34. The van der Waals surface area contributed by atoms with Crippen LogP contribution in [0.3, 0.4) is 0 Å². The third-order valence-electron chi connectivity index (χ3n) is 4.33. The van der Waals surface area contributed by atoms with E-state index in [9.17, 15) is 9.18 Å². The molecule has 1 N–H and O–H groups in total. The van der Waals surface area contributed by atoms with Crippen LogP contribution >= 0.6 is 0 Å². The third kappa shape index (κ3) is 3.68. The molecular weight excluding hydrogens is 357 g/mol. The average Bonchev–Trinajstić information content (AvgIpc) is 3.34. The minimum absolute atomic E-state index is 0.217. The Morgan fingerprint density at radius 2 is 1.82 bits per heavy atom. The first-order valence-corrected chi connectivity index (χ1v) is 8.77. The second-order valence-electron chi connectivity index (χ2n) is 6.38. The van der Waals surface area contributed by atoms with Gasteiger partial charge in [-0.15, -0.1) is 0 Å². The monoisotopic (exact) mass is 375 g/mol. The zero-order chi connectivity index (χ0) is 19.5. The largest absolute Gasteiger partial charge is 0.348 e. The van der Waals surface area contributed by atoms with E-state index in [1.54, 1.807) is 34.7 Å². The molecule has 140 valence electrons. The lowest BCUT2D eigenvalue weighted by Gasteiger charge is -2.04.